The normalized spacial score (nSPS) is 10.5. The van der Waals surface area contributed by atoms with E-state index in [0.29, 0.717) is 0 Å². The molecule has 1 heterocycles. The Balaban J connectivity index is 2.67. The van der Waals surface area contributed by atoms with Crippen LogP contribution in [0.15, 0.2) is 22.7 Å². The van der Waals surface area contributed by atoms with Gasteiger partial charge in [-0.25, -0.2) is 0 Å². The van der Waals surface area contributed by atoms with Crippen molar-refractivity contribution in [1.82, 2.24) is 5.16 Å². The molecule has 0 fully saturated rings. The molecule has 6 nitrogen and oxygen atoms in total. The highest BCUT2D eigenvalue weighted by molar-refractivity contribution is 6.35. The summed E-state index contributed by atoms with van der Waals surface area (Å²) >= 11 is 11.5. The Labute approximate surface area is 105 Å². The Bertz CT molecular complexity index is 597. The maximum atomic E-state index is 10.9. The summed E-state index contributed by atoms with van der Waals surface area (Å²) in [5, 5.41) is 14.6. The third-order valence-electron chi connectivity index (χ3n) is 2.06. The molecule has 0 spiro atoms. The number of nitrogens with zero attached hydrogens (tertiary/aromatic N) is 2. The summed E-state index contributed by atoms with van der Waals surface area (Å²) in [6, 6.07) is 4.11. The van der Waals surface area contributed by atoms with Crippen LogP contribution in [0.25, 0.3) is 11.3 Å². The number of rotatable bonds is 2. The second-order valence-electron chi connectivity index (χ2n) is 3.13. The summed E-state index contributed by atoms with van der Waals surface area (Å²) < 4.78 is 4.86. The molecule has 2 N–H and O–H groups in total. The standard InChI is InChI=1S/C9H5Cl2N3O3/c10-4-1-2-5(6(3-4)14(15)16)8-7(11)9(12)13-17-8/h1-3H,(H2,12,13). The molecule has 17 heavy (non-hydrogen) atoms. The number of hydrogen-bond acceptors (Lipinski definition) is 5. The number of nitro groups is 1. The molecule has 8 heteroatoms. The molecular weight excluding hydrogens is 269 g/mol. The lowest BCUT2D eigenvalue weighted by Crippen LogP contribution is -1.91. The van der Waals surface area contributed by atoms with E-state index < -0.39 is 4.92 Å². The van der Waals surface area contributed by atoms with Crippen molar-refractivity contribution in [2.45, 2.75) is 0 Å². The molecule has 0 saturated heterocycles. The third-order valence-corrected chi connectivity index (χ3v) is 2.66. The zero-order chi connectivity index (χ0) is 12.6. The Morgan fingerprint density at radius 1 is 1.41 bits per heavy atom. The lowest BCUT2D eigenvalue weighted by Gasteiger charge is -1.99. The number of halogens is 2. The van der Waals surface area contributed by atoms with Crippen LogP contribution < -0.4 is 5.73 Å². The summed E-state index contributed by atoms with van der Waals surface area (Å²) in [6.45, 7) is 0. The minimum atomic E-state index is -0.587. The predicted octanol–water partition coefficient (Wildman–Crippen LogP) is 3.14. The first-order chi connectivity index (χ1) is 8.00. The van der Waals surface area contributed by atoms with E-state index >= 15 is 0 Å². The van der Waals surface area contributed by atoms with E-state index in [-0.39, 0.29) is 32.9 Å². The fraction of sp³-hybridized carbons (Fsp3) is 0. The van der Waals surface area contributed by atoms with Crippen LogP contribution in [0.4, 0.5) is 11.5 Å². The fourth-order valence-electron chi connectivity index (χ4n) is 1.31. The number of nitrogens with two attached hydrogens (primary N) is 1. The van der Waals surface area contributed by atoms with Gasteiger partial charge in [-0.1, -0.05) is 28.4 Å². The minimum absolute atomic E-state index is 0.0223. The zero-order valence-electron chi connectivity index (χ0n) is 8.18. The van der Waals surface area contributed by atoms with Gasteiger partial charge in [0.15, 0.2) is 11.6 Å². The van der Waals surface area contributed by atoms with Crippen molar-refractivity contribution in [3.8, 4) is 11.3 Å². The van der Waals surface area contributed by atoms with Crippen molar-refractivity contribution in [2.24, 2.45) is 0 Å². The van der Waals surface area contributed by atoms with Crippen LogP contribution in [0.2, 0.25) is 10.0 Å². The van der Waals surface area contributed by atoms with E-state index in [1.54, 1.807) is 0 Å². The largest absolute Gasteiger partial charge is 0.380 e. The minimum Gasteiger partial charge on any atom is -0.380 e. The average molecular weight is 274 g/mol. The Hall–Kier alpha value is -1.79. The molecule has 0 unspecified atom stereocenters. The van der Waals surface area contributed by atoms with Gasteiger partial charge in [0.2, 0.25) is 0 Å². The Morgan fingerprint density at radius 3 is 2.65 bits per heavy atom. The quantitative estimate of drug-likeness (QED) is 0.670. The zero-order valence-corrected chi connectivity index (χ0v) is 9.70. The third kappa shape index (κ3) is 2.04. The van der Waals surface area contributed by atoms with Crippen molar-refractivity contribution in [3.63, 3.8) is 0 Å². The molecule has 0 saturated carbocycles. The Kier molecular flexibility index (Phi) is 2.91. The van der Waals surface area contributed by atoms with Crippen LogP contribution in [0.3, 0.4) is 0 Å². The van der Waals surface area contributed by atoms with Gasteiger partial charge in [0, 0.05) is 11.1 Å². The van der Waals surface area contributed by atoms with Gasteiger partial charge in [-0.15, -0.1) is 0 Å². The van der Waals surface area contributed by atoms with Gasteiger partial charge in [-0.2, -0.15) is 0 Å². The number of hydrogen-bond donors (Lipinski definition) is 1. The Morgan fingerprint density at radius 2 is 2.12 bits per heavy atom. The second kappa shape index (κ2) is 4.23. The van der Waals surface area contributed by atoms with Crippen molar-refractivity contribution < 1.29 is 9.45 Å². The lowest BCUT2D eigenvalue weighted by atomic mass is 10.1. The summed E-state index contributed by atoms with van der Waals surface area (Å²) in [7, 11) is 0. The second-order valence-corrected chi connectivity index (χ2v) is 3.94. The highest BCUT2D eigenvalue weighted by Gasteiger charge is 2.23. The van der Waals surface area contributed by atoms with Gasteiger partial charge < -0.3 is 10.3 Å². The number of aromatic nitrogens is 1. The molecule has 0 aliphatic carbocycles. The van der Waals surface area contributed by atoms with E-state index in [0.717, 1.165) is 0 Å². The molecule has 0 amide bonds. The van der Waals surface area contributed by atoms with Crippen LogP contribution in [-0.4, -0.2) is 10.1 Å². The van der Waals surface area contributed by atoms with Gasteiger partial charge in [-0.05, 0) is 12.1 Å². The highest BCUT2D eigenvalue weighted by Crippen LogP contribution is 2.38. The van der Waals surface area contributed by atoms with Gasteiger partial charge in [-0.3, -0.25) is 10.1 Å². The number of anilines is 1. The fourth-order valence-corrected chi connectivity index (χ4v) is 1.64. The molecular formula is C9H5Cl2N3O3. The van der Waals surface area contributed by atoms with Crippen LogP contribution in [0.5, 0.6) is 0 Å². The topological polar surface area (TPSA) is 95.2 Å². The van der Waals surface area contributed by atoms with Crippen molar-refractivity contribution in [2.75, 3.05) is 5.73 Å². The van der Waals surface area contributed by atoms with E-state index in [1.165, 1.54) is 18.2 Å². The van der Waals surface area contributed by atoms with Crippen LogP contribution in [0.1, 0.15) is 0 Å². The summed E-state index contributed by atoms with van der Waals surface area (Å²) in [5.74, 6) is 0.0263. The molecule has 0 aliphatic heterocycles. The van der Waals surface area contributed by atoms with E-state index in [1.807, 2.05) is 0 Å². The molecule has 0 radical (unpaired) electrons. The van der Waals surface area contributed by atoms with Gasteiger partial charge in [0.05, 0.1) is 10.5 Å². The average Bonchev–Trinajstić information content (AvgIpc) is 2.60. The first-order valence-electron chi connectivity index (χ1n) is 4.35. The molecule has 0 atom stereocenters. The molecule has 0 aliphatic rings. The SMILES string of the molecule is Nc1noc(-c2ccc(Cl)cc2[N+](=O)[O-])c1Cl. The van der Waals surface area contributed by atoms with Gasteiger partial charge in [0.25, 0.3) is 5.69 Å². The molecule has 1 aromatic heterocycles. The molecule has 2 rings (SSSR count). The monoisotopic (exact) mass is 273 g/mol. The summed E-state index contributed by atoms with van der Waals surface area (Å²) in [5.41, 5.74) is 5.35. The van der Waals surface area contributed by atoms with Gasteiger partial charge >= 0.3 is 0 Å². The summed E-state index contributed by atoms with van der Waals surface area (Å²) in [4.78, 5) is 10.3. The smallest absolute Gasteiger partial charge is 0.282 e. The van der Waals surface area contributed by atoms with Crippen molar-refractivity contribution in [3.05, 3.63) is 38.4 Å². The maximum absolute atomic E-state index is 10.9. The van der Waals surface area contributed by atoms with Crippen molar-refractivity contribution in [1.29, 1.82) is 0 Å². The van der Waals surface area contributed by atoms with E-state index in [4.69, 9.17) is 33.5 Å². The van der Waals surface area contributed by atoms with E-state index in [9.17, 15) is 10.1 Å². The maximum Gasteiger partial charge on any atom is 0.282 e. The van der Waals surface area contributed by atoms with Crippen molar-refractivity contribution >= 4 is 34.7 Å². The molecule has 2 aromatic rings. The highest BCUT2D eigenvalue weighted by atomic mass is 35.5. The predicted molar refractivity (Wildman–Crippen MR) is 63.0 cm³/mol. The lowest BCUT2D eigenvalue weighted by molar-refractivity contribution is -0.384. The van der Waals surface area contributed by atoms with Crippen LogP contribution >= 0.6 is 23.2 Å². The number of nitro benzene ring substituents is 1. The van der Waals surface area contributed by atoms with Gasteiger partial charge in [0.1, 0.15) is 5.02 Å². The van der Waals surface area contributed by atoms with Crippen LogP contribution in [-0.2, 0) is 0 Å². The number of benzene rings is 1. The van der Waals surface area contributed by atoms with Crippen LogP contribution in [0, 0.1) is 10.1 Å². The summed E-state index contributed by atoms with van der Waals surface area (Å²) in [6.07, 6.45) is 0. The molecule has 0 bridgehead atoms. The molecule has 1 aromatic carbocycles. The first kappa shape index (κ1) is 11.7. The molecule has 88 valence electrons. The first-order valence-corrected chi connectivity index (χ1v) is 5.11. The number of nitrogen functional groups attached to an aromatic ring is 1. The van der Waals surface area contributed by atoms with E-state index in [2.05, 4.69) is 5.16 Å².